The van der Waals surface area contributed by atoms with Gasteiger partial charge in [0.2, 0.25) is 0 Å². The van der Waals surface area contributed by atoms with Gasteiger partial charge in [0, 0.05) is 18.2 Å². The lowest BCUT2D eigenvalue weighted by Gasteiger charge is -2.21. The molecule has 0 heterocycles. The van der Waals surface area contributed by atoms with E-state index in [1.54, 1.807) is 0 Å². The molecule has 0 aliphatic heterocycles. The van der Waals surface area contributed by atoms with Gasteiger partial charge in [0.1, 0.15) is 5.75 Å². The Balaban J connectivity index is 1.94. The molecule has 2 heteroatoms. The van der Waals surface area contributed by atoms with Gasteiger partial charge in [-0.1, -0.05) is 38.5 Å². The minimum absolute atomic E-state index is 0.447. The first-order chi connectivity index (χ1) is 8.63. The van der Waals surface area contributed by atoms with Crippen LogP contribution < -0.4 is 5.32 Å². The number of para-hydroxylation sites is 1. The Labute approximate surface area is 110 Å². The van der Waals surface area contributed by atoms with E-state index in [2.05, 4.69) is 19.2 Å². The SMILES string of the molecule is CCC1CCC(NCc2cccc(C)c2O)C1C. The fourth-order valence-corrected chi connectivity index (χ4v) is 3.22. The molecule has 3 unspecified atom stereocenters. The summed E-state index contributed by atoms with van der Waals surface area (Å²) in [6.45, 7) is 7.37. The summed E-state index contributed by atoms with van der Waals surface area (Å²) >= 11 is 0. The predicted octanol–water partition coefficient (Wildman–Crippen LogP) is 3.61. The smallest absolute Gasteiger partial charge is 0.122 e. The largest absolute Gasteiger partial charge is 0.507 e. The van der Waals surface area contributed by atoms with E-state index in [4.69, 9.17) is 0 Å². The highest BCUT2D eigenvalue weighted by molar-refractivity contribution is 5.39. The molecule has 18 heavy (non-hydrogen) atoms. The van der Waals surface area contributed by atoms with Crippen molar-refractivity contribution in [3.8, 4) is 5.75 Å². The highest BCUT2D eigenvalue weighted by Gasteiger charge is 2.30. The van der Waals surface area contributed by atoms with Gasteiger partial charge in [0.05, 0.1) is 0 Å². The molecule has 2 N–H and O–H groups in total. The Hall–Kier alpha value is -1.02. The summed E-state index contributed by atoms with van der Waals surface area (Å²) in [6, 6.07) is 6.57. The van der Waals surface area contributed by atoms with E-state index in [1.165, 1.54) is 19.3 Å². The lowest BCUT2D eigenvalue weighted by molar-refractivity contribution is 0.342. The van der Waals surface area contributed by atoms with Crippen LogP contribution in [0.2, 0.25) is 0 Å². The second kappa shape index (κ2) is 5.75. The van der Waals surface area contributed by atoms with E-state index in [9.17, 15) is 5.11 Å². The lowest BCUT2D eigenvalue weighted by Crippen LogP contribution is -2.32. The third-order valence-corrected chi connectivity index (χ3v) is 4.63. The number of rotatable bonds is 4. The van der Waals surface area contributed by atoms with Gasteiger partial charge in [-0.05, 0) is 37.2 Å². The van der Waals surface area contributed by atoms with Gasteiger partial charge in [-0.3, -0.25) is 0 Å². The molecule has 3 atom stereocenters. The maximum atomic E-state index is 10.00. The topological polar surface area (TPSA) is 32.3 Å². The number of benzene rings is 1. The van der Waals surface area contributed by atoms with Crippen LogP contribution in [0.15, 0.2) is 18.2 Å². The van der Waals surface area contributed by atoms with Crippen LogP contribution in [0.5, 0.6) is 5.75 Å². The van der Waals surface area contributed by atoms with Crippen LogP contribution in [0.1, 0.15) is 44.2 Å². The quantitative estimate of drug-likeness (QED) is 0.852. The molecule has 1 aromatic carbocycles. The summed E-state index contributed by atoms with van der Waals surface area (Å²) in [7, 11) is 0. The Bertz CT molecular complexity index is 402. The molecular formula is C16H25NO. The van der Waals surface area contributed by atoms with Crippen molar-refractivity contribution >= 4 is 0 Å². The number of hydrogen-bond acceptors (Lipinski definition) is 2. The van der Waals surface area contributed by atoms with Crippen molar-refractivity contribution in [2.24, 2.45) is 11.8 Å². The zero-order valence-corrected chi connectivity index (χ0v) is 11.7. The van der Waals surface area contributed by atoms with Gasteiger partial charge in [-0.2, -0.15) is 0 Å². The van der Waals surface area contributed by atoms with Gasteiger partial charge >= 0.3 is 0 Å². The highest BCUT2D eigenvalue weighted by atomic mass is 16.3. The fraction of sp³-hybridized carbons (Fsp3) is 0.625. The van der Waals surface area contributed by atoms with E-state index < -0.39 is 0 Å². The first-order valence-corrected chi connectivity index (χ1v) is 7.14. The molecule has 0 radical (unpaired) electrons. The number of phenolic OH excluding ortho intramolecular Hbond substituents is 1. The Morgan fingerprint density at radius 1 is 1.33 bits per heavy atom. The summed E-state index contributed by atoms with van der Waals surface area (Å²) in [5, 5.41) is 13.6. The van der Waals surface area contributed by atoms with E-state index in [0.717, 1.165) is 29.5 Å². The van der Waals surface area contributed by atoms with Crippen molar-refractivity contribution in [2.45, 2.75) is 52.6 Å². The summed E-state index contributed by atoms with van der Waals surface area (Å²) < 4.78 is 0. The zero-order chi connectivity index (χ0) is 13.1. The average molecular weight is 247 g/mol. The minimum Gasteiger partial charge on any atom is -0.507 e. The molecule has 100 valence electrons. The number of hydrogen-bond donors (Lipinski definition) is 2. The normalized spacial score (nSPS) is 27.6. The molecule has 1 fully saturated rings. The van der Waals surface area contributed by atoms with Crippen LogP contribution in [0.3, 0.4) is 0 Å². The summed E-state index contributed by atoms with van der Waals surface area (Å²) in [5.74, 6) is 2.07. The molecular weight excluding hydrogens is 222 g/mol. The summed E-state index contributed by atoms with van der Waals surface area (Å²) in [6.07, 6.45) is 3.90. The van der Waals surface area contributed by atoms with Crippen molar-refractivity contribution in [2.75, 3.05) is 0 Å². The molecule has 1 aliphatic rings. The number of aromatic hydroxyl groups is 1. The average Bonchev–Trinajstić information content (AvgIpc) is 2.72. The van der Waals surface area contributed by atoms with Crippen molar-refractivity contribution in [1.29, 1.82) is 0 Å². The molecule has 0 aromatic heterocycles. The van der Waals surface area contributed by atoms with Gasteiger partial charge < -0.3 is 10.4 Å². The maximum absolute atomic E-state index is 10.00. The zero-order valence-electron chi connectivity index (χ0n) is 11.7. The minimum atomic E-state index is 0.447. The first kappa shape index (κ1) is 13.4. The molecule has 1 aromatic rings. The second-order valence-corrected chi connectivity index (χ2v) is 5.67. The summed E-state index contributed by atoms with van der Waals surface area (Å²) in [5.41, 5.74) is 1.97. The Morgan fingerprint density at radius 3 is 2.78 bits per heavy atom. The van der Waals surface area contributed by atoms with Crippen molar-refractivity contribution in [3.63, 3.8) is 0 Å². The third-order valence-electron chi connectivity index (χ3n) is 4.63. The van der Waals surface area contributed by atoms with E-state index in [0.29, 0.717) is 11.8 Å². The van der Waals surface area contributed by atoms with Crippen LogP contribution in [-0.4, -0.2) is 11.1 Å². The number of aryl methyl sites for hydroxylation is 1. The van der Waals surface area contributed by atoms with Gasteiger partial charge in [0.15, 0.2) is 0 Å². The van der Waals surface area contributed by atoms with Crippen molar-refractivity contribution in [3.05, 3.63) is 29.3 Å². The van der Waals surface area contributed by atoms with E-state index in [1.807, 2.05) is 25.1 Å². The van der Waals surface area contributed by atoms with Crippen LogP contribution in [0.4, 0.5) is 0 Å². The molecule has 0 saturated heterocycles. The maximum Gasteiger partial charge on any atom is 0.122 e. The van der Waals surface area contributed by atoms with Gasteiger partial charge in [0.25, 0.3) is 0 Å². The van der Waals surface area contributed by atoms with Crippen LogP contribution in [0, 0.1) is 18.8 Å². The van der Waals surface area contributed by atoms with Gasteiger partial charge in [-0.25, -0.2) is 0 Å². The first-order valence-electron chi connectivity index (χ1n) is 7.14. The molecule has 0 bridgehead atoms. The predicted molar refractivity (Wildman–Crippen MR) is 75.7 cm³/mol. The van der Waals surface area contributed by atoms with Gasteiger partial charge in [-0.15, -0.1) is 0 Å². The summed E-state index contributed by atoms with van der Waals surface area (Å²) in [4.78, 5) is 0. The number of phenols is 1. The van der Waals surface area contributed by atoms with Crippen molar-refractivity contribution < 1.29 is 5.11 Å². The molecule has 2 rings (SSSR count). The monoisotopic (exact) mass is 247 g/mol. The number of nitrogens with one attached hydrogen (secondary N) is 1. The Kier molecular flexibility index (Phi) is 4.28. The van der Waals surface area contributed by atoms with Crippen LogP contribution in [-0.2, 0) is 6.54 Å². The Morgan fingerprint density at radius 2 is 2.11 bits per heavy atom. The molecule has 1 saturated carbocycles. The fourth-order valence-electron chi connectivity index (χ4n) is 3.22. The molecule has 1 aliphatic carbocycles. The van der Waals surface area contributed by atoms with E-state index in [-0.39, 0.29) is 0 Å². The lowest BCUT2D eigenvalue weighted by atomic mass is 9.93. The standard InChI is InChI=1S/C16H25NO/c1-4-13-8-9-15(12(13)3)17-10-14-7-5-6-11(2)16(14)18/h5-7,12-13,15,17-18H,4,8-10H2,1-3H3. The van der Waals surface area contributed by atoms with E-state index >= 15 is 0 Å². The third kappa shape index (κ3) is 2.69. The molecule has 2 nitrogen and oxygen atoms in total. The van der Waals surface area contributed by atoms with Crippen LogP contribution in [0.25, 0.3) is 0 Å². The van der Waals surface area contributed by atoms with Crippen LogP contribution >= 0.6 is 0 Å². The van der Waals surface area contributed by atoms with Crippen molar-refractivity contribution in [1.82, 2.24) is 5.32 Å². The molecule has 0 spiro atoms. The highest BCUT2D eigenvalue weighted by Crippen LogP contribution is 2.34. The molecule has 0 amide bonds. The second-order valence-electron chi connectivity index (χ2n) is 5.67.